The van der Waals surface area contributed by atoms with Crippen molar-refractivity contribution in [2.75, 3.05) is 0 Å². The van der Waals surface area contributed by atoms with E-state index in [2.05, 4.69) is 31.9 Å². The third-order valence-electron chi connectivity index (χ3n) is 4.69. The van der Waals surface area contributed by atoms with Crippen LogP contribution >= 0.6 is 31.9 Å². The Morgan fingerprint density at radius 3 is 1.14 bits per heavy atom. The molecule has 28 heavy (non-hydrogen) atoms. The predicted octanol–water partition coefficient (Wildman–Crippen LogP) is 8.69. The van der Waals surface area contributed by atoms with Crippen molar-refractivity contribution in [3.63, 3.8) is 0 Å². The summed E-state index contributed by atoms with van der Waals surface area (Å²) in [6.45, 7) is 0. The van der Waals surface area contributed by atoms with Crippen LogP contribution in [0, 0.1) is 0 Å². The summed E-state index contributed by atoms with van der Waals surface area (Å²) in [6, 6.07) is 8.62. The van der Waals surface area contributed by atoms with Crippen LogP contribution in [0.3, 0.4) is 0 Å². The number of hydrogen-bond donors (Lipinski definition) is 0. The van der Waals surface area contributed by atoms with Crippen molar-refractivity contribution in [2.24, 2.45) is 0 Å². The first kappa shape index (κ1) is 21.7. The first-order valence-electron chi connectivity index (χ1n) is 8.70. The van der Waals surface area contributed by atoms with E-state index < -0.39 is 23.5 Å². The summed E-state index contributed by atoms with van der Waals surface area (Å²) in [7, 11) is 0. The van der Waals surface area contributed by atoms with Gasteiger partial charge < -0.3 is 0 Å². The van der Waals surface area contributed by atoms with Crippen molar-refractivity contribution in [1.29, 1.82) is 0 Å². The standard InChI is InChI=1S/2C10H8BrF3/c2*11-9-5-7(6-1-2-6)3-4-8(9)10(12,13)14/h2*3-6H,1-2H2. The van der Waals surface area contributed by atoms with Gasteiger partial charge in [-0.05, 0) is 72.9 Å². The molecule has 8 heteroatoms. The minimum atomic E-state index is -4.26. The second-order valence-electron chi connectivity index (χ2n) is 7.02. The van der Waals surface area contributed by atoms with Crippen LogP contribution < -0.4 is 0 Å². The number of alkyl halides is 6. The fraction of sp³-hybridized carbons (Fsp3) is 0.400. The zero-order chi connectivity index (χ0) is 20.7. The van der Waals surface area contributed by atoms with E-state index in [1.165, 1.54) is 0 Å². The topological polar surface area (TPSA) is 0 Å². The normalized spacial score (nSPS) is 17.1. The Morgan fingerprint density at radius 2 is 0.929 bits per heavy atom. The molecular weight excluding hydrogens is 514 g/mol. The van der Waals surface area contributed by atoms with Crippen LogP contribution in [-0.2, 0) is 12.4 Å². The minimum Gasteiger partial charge on any atom is -0.166 e. The van der Waals surface area contributed by atoms with Crippen LogP contribution in [0.4, 0.5) is 26.3 Å². The highest BCUT2D eigenvalue weighted by molar-refractivity contribution is 9.10. The molecule has 0 unspecified atom stereocenters. The summed E-state index contributed by atoms with van der Waals surface area (Å²) in [5.74, 6) is 0.960. The molecule has 0 bridgehead atoms. The van der Waals surface area contributed by atoms with Crippen LogP contribution in [-0.4, -0.2) is 0 Å². The molecule has 0 saturated heterocycles. The first-order valence-corrected chi connectivity index (χ1v) is 10.3. The highest BCUT2D eigenvalue weighted by atomic mass is 79.9. The maximum absolute atomic E-state index is 12.4. The fourth-order valence-electron chi connectivity index (χ4n) is 2.86. The van der Waals surface area contributed by atoms with Crippen LogP contribution in [0.1, 0.15) is 59.8 Å². The molecule has 0 aliphatic heterocycles. The molecule has 0 nitrogen and oxygen atoms in total. The molecule has 152 valence electrons. The summed E-state index contributed by atoms with van der Waals surface area (Å²) in [5, 5.41) is 0. The number of benzene rings is 2. The van der Waals surface area contributed by atoms with Gasteiger partial charge in [-0.2, -0.15) is 26.3 Å². The molecule has 0 N–H and O–H groups in total. The zero-order valence-electron chi connectivity index (χ0n) is 14.5. The number of hydrogen-bond acceptors (Lipinski definition) is 0. The Morgan fingerprint density at radius 1 is 0.607 bits per heavy atom. The quantitative estimate of drug-likeness (QED) is 0.341. The minimum absolute atomic E-state index is 0.148. The Kier molecular flexibility index (Phi) is 6.21. The van der Waals surface area contributed by atoms with E-state index in [9.17, 15) is 26.3 Å². The molecule has 0 aromatic heterocycles. The van der Waals surface area contributed by atoms with Gasteiger partial charge in [-0.25, -0.2) is 0 Å². The summed E-state index contributed by atoms with van der Waals surface area (Å²) in [5.41, 5.74) is 0.818. The van der Waals surface area contributed by atoms with Gasteiger partial charge in [-0.3, -0.25) is 0 Å². The molecule has 0 radical (unpaired) electrons. The van der Waals surface area contributed by atoms with Gasteiger partial charge in [0.15, 0.2) is 0 Å². The maximum atomic E-state index is 12.4. The molecule has 2 aliphatic rings. The Balaban J connectivity index is 0.000000161. The van der Waals surface area contributed by atoms with Crippen molar-refractivity contribution in [3.8, 4) is 0 Å². The van der Waals surface area contributed by atoms with Crippen molar-refractivity contribution in [1.82, 2.24) is 0 Å². The van der Waals surface area contributed by atoms with E-state index in [1.54, 1.807) is 24.3 Å². The Hall–Kier alpha value is -1.02. The van der Waals surface area contributed by atoms with Crippen LogP contribution in [0.25, 0.3) is 0 Å². The van der Waals surface area contributed by atoms with Gasteiger partial charge in [0.05, 0.1) is 11.1 Å². The summed E-state index contributed by atoms with van der Waals surface area (Å²) in [4.78, 5) is 0. The molecule has 0 heterocycles. The lowest BCUT2D eigenvalue weighted by atomic mass is 10.1. The SMILES string of the molecule is FC(F)(F)c1ccc(C2CC2)cc1Br.FC(F)(F)c1ccc(C2CC2)cc1Br. The highest BCUT2D eigenvalue weighted by Gasteiger charge is 2.35. The lowest BCUT2D eigenvalue weighted by molar-refractivity contribution is -0.139. The van der Waals surface area contributed by atoms with E-state index >= 15 is 0 Å². The van der Waals surface area contributed by atoms with Crippen LogP contribution in [0.15, 0.2) is 45.3 Å². The van der Waals surface area contributed by atoms with Crippen LogP contribution in [0.2, 0.25) is 0 Å². The molecule has 2 fully saturated rings. The maximum Gasteiger partial charge on any atom is 0.417 e. The third-order valence-corrected chi connectivity index (χ3v) is 6.01. The van der Waals surface area contributed by atoms with Crippen molar-refractivity contribution in [2.45, 2.75) is 49.9 Å². The summed E-state index contributed by atoms with van der Waals surface area (Å²) >= 11 is 5.92. The summed E-state index contributed by atoms with van der Waals surface area (Å²) < 4.78 is 74.5. The van der Waals surface area contributed by atoms with E-state index in [4.69, 9.17) is 0 Å². The Labute approximate surface area is 175 Å². The van der Waals surface area contributed by atoms with Gasteiger partial charge in [-0.15, -0.1) is 0 Å². The zero-order valence-corrected chi connectivity index (χ0v) is 17.6. The third kappa shape index (κ3) is 5.53. The molecule has 0 spiro atoms. The van der Waals surface area contributed by atoms with Gasteiger partial charge in [-0.1, -0.05) is 44.0 Å². The smallest absolute Gasteiger partial charge is 0.166 e. The molecule has 0 atom stereocenters. The second-order valence-corrected chi connectivity index (χ2v) is 8.73. The van der Waals surface area contributed by atoms with Crippen molar-refractivity contribution < 1.29 is 26.3 Å². The lowest BCUT2D eigenvalue weighted by Gasteiger charge is -2.10. The Bertz CT molecular complexity index is 777. The van der Waals surface area contributed by atoms with Gasteiger partial charge in [0.1, 0.15) is 0 Å². The van der Waals surface area contributed by atoms with E-state index in [0.29, 0.717) is 11.8 Å². The molecule has 4 rings (SSSR count). The van der Waals surface area contributed by atoms with Crippen LogP contribution in [0.5, 0.6) is 0 Å². The first-order chi connectivity index (χ1) is 13.0. The monoisotopic (exact) mass is 528 g/mol. The molecule has 2 aliphatic carbocycles. The van der Waals surface area contributed by atoms with Gasteiger partial charge in [0.25, 0.3) is 0 Å². The highest BCUT2D eigenvalue weighted by Crippen LogP contribution is 2.44. The number of halogens is 8. The molecular formula is C20H16Br2F6. The van der Waals surface area contributed by atoms with Gasteiger partial charge in [0, 0.05) is 8.95 Å². The molecule has 2 aromatic carbocycles. The van der Waals surface area contributed by atoms with Crippen molar-refractivity contribution >= 4 is 31.9 Å². The van der Waals surface area contributed by atoms with Crippen molar-refractivity contribution in [3.05, 3.63) is 67.6 Å². The molecule has 2 aromatic rings. The average molecular weight is 530 g/mol. The molecule has 0 amide bonds. The van der Waals surface area contributed by atoms with E-state index in [1.807, 2.05) is 0 Å². The number of rotatable bonds is 2. The summed E-state index contributed by atoms with van der Waals surface area (Å²) in [6.07, 6.45) is -4.15. The average Bonchev–Trinajstić information content (AvgIpc) is 3.46. The predicted molar refractivity (Wildman–Crippen MR) is 102 cm³/mol. The second kappa shape index (κ2) is 8.01. The van der Waals surface area contributed by atoms with E-state index in [0.717, 1.165) is 48.9 Å². The largest absolute Gasteiger partial charge is 0.417 e. The van der Waals surface area contributed by atoms with Gasteiger partial charge in [0.2, 0.25) is 0 Å². The fourth-order valence-corrected chi connectivity index (χ4v) is 4.11. The lowest BCUT2D eigenvalue weighted by Crippen LogP contribution is -2.06. The van der Waals surface area contributed by atoms with Gasteiger partial charge >= 0.3 is 12.4 Å². The molecule has 2 saturated carbocycles. The van der Waals surface area contributed by atoms with E-state index in [-0.39, 0.29) is 8.95 Å².